The highest BCUT2D eigenvalue weighted by Gasteiger charge is 2.50. The molecule has 0 aromatic heterocycles. The number of hydrogen-bond donors (Lipinski definition) is 5. The van der Waals surface area contributed by atoms with Crippen molar-refractivity contribution in [2.24, 2.45) is 0 Å². The van der Waals surface area contributed by atoms with Crippen molar-refractivity contribution in [3.8, 4) is 5.75 Å². The molecule has 0 bridgehead atoms. The number of rotatable bonds is 8. The fraction of sp³-hybridized carbons (Fsp3) is 0.121. The van der Waals surface area contributed by atoms with Gasteiger partial charge in [-0.1, -0.05) is 66.7 Å². The fourth-order valence-corrected chi connectivity index (χ4v) is 5.26. The van der Waals surface area contributed by atoms with Crippen molar-refractivity contribution in [3.63, 3.8) is 0 Å². The summed E-state index contributed by atoms with van der Waals surface area (Å²) in [5, 5.41) is 18.2. The number of carboxylic acids is 1. The molecule has 2 saturated heterocycles. The molecule has 4 aromatic carbocycles. The number of aliphatic carboxylic acids is 1. The SMILES string of the molecule is O=C(O)CCOc1cccc(C2(c3ccccc3)NC(=O)NC2=O)c1.O=C1NC(=O)C(c2cccc(F)c2)(c2cccc(F)c2)N1. The number of hydrogen-bond acceptors (Lipinski definition) is 6. The van der Waals surface area contributed by atoms with Crippen LogP contribution in [0.5, 0.6) is 5.75 Å². The molecule has 2 aliphatic rings. The van der Waals surface area contributed by atoms with E-state index in [1.54, 1.807) is 48.5 Å². The van der Waals surface area contributed by atoms with E-state index in [1.165, 1.54) is 36.4 Å². The van der Waals surface area contributed by atoms with Crippen LogP contribution in [0, 0.1) is 11.6 Å². The van der Waals surface area contributed by atoms with Crippen LogP contribution in [0.4, 0.5) is 18.4 Å². The quantitative estimate of drug-likeness (QED) is 0.186. The molecule has 6 rings (SSSR count). The minimum Gasteiger partial charge on any atom is -0.493 e. The highest BCUT2D eigenvalue weighted by atomic mass is 19.1. The van der Waals surface area contributed by atoms with Crippen molar-refractivity contribution < 1.29 is 42.6 Å². The summed E-state index contributed by atoms with van der Waals surface area (Å²) in [6.07, 6.45) is -0.134. The van der Waals surface area contributed by atoms with Crippen LogP contribution in [0.3, 0.4) is 0 Å². The van der Waals surface area contributed by atoms with Crippen LogP contribution < -0.4 is 26.0 Å². The molecule has 13 heteroatoms. The molecular weight excluding hydrogens is 602 g/mol. The van der Waals surface area contributed by atoms with Gasteiger partial charge < -0.3 is 20.5 Å². The lowest BCUT2D eigenvalue weighted by molar-refractivity contribution is -0.137. The number of benzene rings is 4. The Hall–Kier alpha value is -6.11. The number of nitrogens with one attached hydrogen (secondary N) is 4. The van der Waals surface area contributed by atoms with Gasteiger partial charge in [0.05, 0.1) is 13.0 Å². The highest BCUT2D eigenvalue weighted by molar-refractivity contribution is 6.10. The second-order valence-corrected chi connectivity index (χ2v) is 10.2. The Kier molecular flexibility index (Phi) is 8.76. The summed E-state index contributed by atoms with van der Waals surface area (Å²) in [6, 6.07) is 24.8. The van der Waals surface area contributed by atoms with Gasteiger partial charge >= 0.3 is 18.0 Å². The molecule has 0 saturated carbocycles. The Labute approximate surface area is 260 Å². The first kappa shape index (κ1) is 31.3. The largest absolute Gasteiger partial charge is 0.493 e. The first-order chi connectivity index (χ1) is 22.0. The number of carbonyl (C=O) groups excluding carboxylic acids is 4. The molecule has 0 radical (unpaired) electrons. The second kappa shape index (κ2) is 12.9. The maximum atomic E-state index is 13.5. The van der Waals surface area contributed by atoms with Gasteiger partial charge in [0.25, 0.3) is 11.8 Å². The second-order valence-electron chi connectivity index (χ2n) is 10.2. The molecule has 2 aliphatic heterocycles. The Bertz CT molecular complexity index is 1790. The van der Waals surface area contributed by atoms with Gasteiger partial charge in [-0.3, -0.25) is 25.0 Å². The molecule has 46 heavy (non-hydrogen) atoms. The molecule has 5 N–H and O–H groups in total. The van der Waals surface area contributed by atoms with Crippen LogP contribution in [-0.4, -0.2) is 41.6 Å². The minimum absolute atomic E-state index is 0.00960. The van der Waals surface area contributed by atoms with Crippen molar-refractivity contribution in [3.05, 3.63) is 137 Å². The summed E-state index contributed by atoms with van der Waals surface area (Å²) in [5.74, 6) is -2.81. The van der Waals surface area contributed by atoms with Gasteiger partial charge in [-0.15, -0.1) is 0 Å². The molecule has 6 amide bonds. The molecule has 0 aliphatic carbocycles. The van der Waals surface area contributed by atoms with E-state index in [0.717, 1.165) is 12.1 Å². The van der Waals surface area contributed by atoms with E-state index >= 15 is 0 Å². The zero-order chi connectivity index (χ0) is 32.9. The lowest BCUT2D eigenvalue weighted by Gasteiger charge is -2.27. The summed E-state index contributed by atoms with van der Waals surface area (Å²) in [5.41, 5.74) is -1.42. The van der Waals surface area contributed by atoms with Gasteiger partial charge in [0.1, 0.15) is 17.4 Å². The molecule has 1 unspecified atom stereocenters. The average molecular weight is 629 g/mol. The third kappa shape index (κ3) is 6.11. The van der Waals surface area contributed by atoms with Crippen molar-refractivity contribution in [1.82, 2.24) is 21.3 Å². The van der Waals surface area contributed by atoms with Crippen LogP contribution in [0.2, 0.25) is 0 Å². The van der Waals surface area contributed by atoms with Gasteiger partial charge in [0.15, 0.2) is 11.1 Å². The zero-order valence-corrected chi connectivity index (χ0v) is 23.9. The average Bonchev–Trinajstić information content (AvgIpc) is 3.52. The van der Waals surface area contributed by atoms with Crippen LogP contribution in [-0.2, 0) is 25.5 Å². The number of imide groups is 2. The number of carboxylic acid groups (broad SMARTS) is 1. The van der Waals surface area contributed by atoms with E-state index in [4.69, 9.17) is 9.84 Å². The first-order valence-electron chi connectivity index (χ1n) is 13.8. The highest BCUT2D eigenvalue weighted by Crippen LogP contribution is 2.35. The van der Waals surface area contributed by atoms with E-state index in [2.05, 4.69) is 21.3 Å². The summed E-state index contributed by atoms with van der Waals surface area (Å²) in [6.45, 7) is 0.00960. The lowest BCUT2D eigenvalue weighted by Crippen LogP contribution is -2.45. The Morgan fingerprint density at radius 2 is 1.09 bits per heavy atom. The summed E-state index contributed by atoms with van der Waals surface area (Å²) in [7, 11) is 0. The molecule has 0 spiro atoms. The molecule has 2 fully saturated rings. The Balaban J connectivity index is 0.000000184. The lowest BCUT2D eigenvalue weighted by atomic mass is 9.83. The number of halogens is 2. The molecule has 1 atom stereocenters. The van der Waals surface area contributed by atoms with Crippen LogP contribution in [0.1, 0.15) is 28.7 Å². The maximum Gasteiger partial charge on any atom is 0.322 e. The monoisotopic (exact) mass is 628 g/mol. The Morgan fingerprint density at radius 3 is 1.54 bits per heavy atom. The first-order valence-corrected chi connectivity index (χ1v) is 13.8. The van der Waals surface area contributed by atoms with Crippen LogP contribution in [0.25, 0.3) is 0 Å². The molecule has 234 valence electrons. The molecular formula is C33H26F2N4O7. The Morgan fingerprint density at radius 1 is 0.630 bits per heavy atom. The van der Waals surface area contributed by atoms with E-state index in [1.807, 2.05) is 6.07 Å². The van der Waals surface area contributed by atoms with Crippen molar-refractivity contribution in [2.75, 3.05) is 6.61 Å². The summed E-state index contributed by atoms with van der Waals surface area (Å²) in [4.78, 5) is 58.9. The zero-order valence-electron chi connectivity index (χ0n) is 23.9. The number of urea groups is 2. The molecule has 11 nitrogen and oxygen atoms in total. The standard InChI is InChI=1S/C18H16N2O5.C15H10F2N2O2/c21-15(22)9-10-25-14-8-4-7-13(11-14)18(12-5-2-1-3-6-12)16(23)19-17(24)20-18;16-11-5-1-3-9(7-11)15(13(20)18-14(21)19-15)10-4-2-6-12(17)8-10/h1-8,11H,9-10H2,(H,21,22)(H2,19,20,23,24);1-8H,(H2,18,19,20,21). The molecule has 2 heterocycles. The summed E-state index contributed by atoms with van der Waals surface area (Å²) >= 11 is 0. The smallest absolute Gasteiger partial charge is 0.322 e. The predicted octanol–water partition coefficient (Wildman–Crippen LogP) is 3.67. The number of amides is 6. The number of ether oxygens (including phenoxy) is 1. The van der Waals surface area contributed by atoms with Gasteiger partial charge in [0.2, 0.25) is 0 Å². The predicted molar refractivity (Wildman–Crippen MR) is 158 cm³/mol. The molecule has 4 aromatic rings. The number of carbonyl (C=O) groups is 5. The van der Waals surface area contributed by atoms with Crippen molar-refractivity contribution in [1.29, 1.82) is 0 Å². The van der Waals surface area contributed by atoms with E-state index < -0.39 is 52.6 Å². The van der Waals surface area contributed by atoms with E-state index in [0.29, 0.717) is 16.9 Å². The van der Waals surface area contributed by atoms with Gasteiger partial charge in [-0.05, 0) is 58.7 Å². The normalized spacial score (nSPS) is 18.0. The van der Waals surface area contributed by atoms with Gasteiger partial charge in [0, 0.05) is 0 Å². The third-order valence-corrected chi connectivity index (χ3v) is 7.31. The van der Waals surface area contributed by atoms with Crippen LogP contribution in [0.15, 0.2) is 103 Å². The summed E-state index contributed by atoms with van der Waals surface area (Å²) < 4.78 is 32.4. The van der Waals surface area contributed by atoms with Gasteiger partial charge in [-0.2, -0.15) is 0 Å². The van der Waals surface area contributed by atoms with E-state index in [-0.39, 0.29) is 24.2 Å². The van der Waals surface area contributed by atoms with Crippen molar-refractivity contribution in [2.45, 2.75) is 17.5 Å². The maximum absolute atomic E-state index is 13.5. The minimum atomic E-state index is -1.64. The third-order valence-electron chi connectivity index (χ3n) is 7.31. The van der Waals surface area contributed by atoms with Gasteiger partial charge in [-0.25, -0.2) is 18.4 Å². The van der Waals surface area contributed by atoms with E-state index in [9.17, 15) is 32.8 Å². The van der Waals surface area contributed by atoms with Crippen LogP contribution >= 0.6 is 0 Å². The fourth-order valence-electron chi connectivity index (χ4n) is 5.26. The van der Waals surface area contributed by atoms with Crippen molar-refractivity contribution >= 4 is 29.8 Å². The topological polar surface area (TPSA) is 163 Å².